The predicted octanol–water partition coefficient (Wildman–Crippen LogP) is 1.09. The molecule has 0 unspecified atom stereocenters. The van der Waals surface area contributed by atoms with Crippen molar-refractivity contribution in [2.75, 3.05) is 0 Å². The third kappa shape index (κ3) is 0.970. The molecule has 0 heterocycles. The van der Waals surface area contributed by atoms with Crippen molar-refractivity contribution in [1.82, 2.24) is 0 Å². The quantitative estimate of drug-likeness (QED) is 0.399. The predicted molar refractivity (Wildman–Crippen MR) is 33.7 cm³/mol. The van der Waals surface area contributed by atoms with E-state index in [0.717, 1.165) is 0 Å². The zero-order valence-corrected chi connectivity index (χ0v) is 6.00. The van der Waals surface area contributed by atoms with Gasteiger partial charge in [-0.25, -0.2) is 0 Å². The summed E-state index contributed by atoms with van der Waals surface area (Å²) < 4.78 is -1.72. The van der Waals surface area contributed by atoms with Gasteiger partial charge in [0.1, 0.15) is 0 Å². The number of ketones is 2. The van der Waals surface area contributed by atoms with Crippen LogP contribution in [0.5, 0.6) is 0 Å². The van der Waals surface area contributed by atoms with Gasteiger partial charge in [0, 0.05) is 12.8 Å². The molecule has 0 atom stereocenters. The van der Waals surface area contributed by atoms with Crippen LogP contribution in [0.1, 0.15) is 12.8 Å². The first kappa shape index (κ1) is 7.03. The molecule has 0 bridgehead atoms. The van der Waals surface area contributed by atoms with Crippen LogP contribution in [-0.2, 0) is 9.59 Å². The van der Waals surface area contributed by atoms with Gasteiger partial charge in [0.05, 0.1) is 0 Å². The summed E-state index contributed by atoms with van der Waals surface area (Å²) in [6.07, 6.45) is 0.373. The standard InChI is InChI=1S/C5H4Cl2O2/c6-5(7)3(8)1-2-4(5)9/h1-2H2. The summed E-state index contributed by atoms with van der Waals surface area (Å²) in [5, 5.41) is 0. The molecule has 9 heavy (non-hydrogen) atoms. The summed E-state index contributed by atoms with van der Waals surface area (Å²) >= 11 is 10.7. The maximum Gasteiger partial charge on any atom is 0.233 e. The summed E-state index contributed by atoms with van der Waals surface area (Å²) in [5.41, 5.74) is 0. The number of hydrogen-bond donors (Lipinski definition) is 0. The third-order valence-electron chi connectivity index (χ3n) is 1.28. The molecule has 1 rings (SSSR count). The summed E-state index contributed by atoms with van der Waals surface area (Å²) in [5.74, 6) is -0.758. The summed E-state index contributed by atoms with van der Waals surface area (Å²) in [7, 11) is 0. The fourth-order valence-corrected chi connectivity index (χ4v) is 1.07. The minimum absolute atomic E-state index is 0.186. The van der Waals surface area contributed by atoms with Gasteiger partial charge in [-0.2, -0.15) is 0 Å². The summed E-state index contributed by atoms with van der Waals surface area (Å²) in [6.45, 7) is 0. The summed E-state index contributed by atoms with van der Waals surface area (Å²) in [4.78, 5) is 21.2. The van der Waals surface area contributed by atoms with E-state index in [0.29, 0.717) is 0 Å². The van der Waals surface area contributed by atoms with Crippen molar-refractivity contribution >= 4 is 34.8 Å². The van der Waals surface area contributed by atoms with E-state index >= 15 is 0 Å². The lowest BCUT2D eigenvalue weighted by Gasteiger charge is -2.04. The van der Waals surface area contributed by atoms with Crippen LogP contribution < -0.4 is 0 Å². The first-order valence-corrected chi connectivity index (χ1v) is 3.25. The van der Waals surface area contributed by atoms with Crippen molar-refractivity contribution in [1.29, 1.82) is 0 Å². The molecule has 1 aliphatic carbocycles. The Morgan fingerprint density at radius 1 is 1.11 bits per heavy atom. The molecule has 2 nitrogen and oxygen atoms in total. The lowest BCUT2D eigenvalue weighted by atomic mass is 10.3. The van der Waals surface area contributed by atoms with Gasteiger partial charge in [0.15, 0.2) is 11.6 Å². The van der Waals surface area contributed by atoms with E-state index in [9.17, 15) is 9.59 Å². The van der Waals surface area contributed by atoms with Gasteiger partial charge < -0.3 is 0 Å². The van der Waals surface area contributed by atoms with Gasteiger partial charge in [-0.15, -0.1) is 0 Å². The van der Waals surface area contributed by atoms with Crippen LogP contribution in [-0.4, -0.2) is 15.9 Å². The van der Waals surface area contributed by atoms with Crippen molar-refractivity contribution in [2.45, 2.75) is 17.2 Å². The van der Waals surface area contributed by atoms with E-state index in [4.69, 9.17) is 23.2 Å². The van der Waals surface area contributed by atoms with Crippen LogP contribution in [0.25, 0.3) is 0 Å². The molecule has 1 saturated carbocycles. The molecule has 0 N–H and O–H groups in total. The molecule has 0 aliphatic heterocycles. The Hall–Kier alpha value is -0.0800. The van der Waals surface area contributed by atoms with Crippen LogP contribution in [0.2, 0.25) is 0 Å². The molecule has 50 valence electrons. The number of alkyl halides is 2. The molecule has 0 amide bonds. The Labute approximate surface area is 62.1 Å². The first-order valence-electron chi connectivity index (χ1n) is 2.49. The minimum atomic E-state index is -1.72. The smallest absolute Gasteiger partial charge is 0.233 e. The first-order chi connectivity index (χ1) is 4.05. The maximum atomic E-state index is 10.6. The van der Waals surface area contributed by atoms with Crippen molar-refractivity contribution in [3.8, 4) is 0 Å². The van der Waals surface area contributed by atoms with Gasteiger partial charge in [0.25, 0.3) is 0 Å². The Morgan fingerprint density at radius 3 is 1.56 bits per heavy atom. The average molecular weight is 167 g/mol. The van der Waals surface area contributed by atoms with E-state index in [-0.39, 0.29) is 24.4 Å². The van der Waals surface area contributed by atoms with Crippen molar-refractivity contribution < 1.29 is 9.59 Å². The zero-order chi connectivity index (χ0) is 7.07. The lowest BCUT2D eigenvalue weighted by molar-refractivity contribution is -0.122. The molecule has 0 aromatic heterocycles. The zero-order valence-electron chi connectivity index (χ0n) is 4.49. The number of hydrogen-bond acceptors (Lipinski definition) is 2. The van der Waals surface area contributed by atoms with Gasteiger partial charge >= 0.3 is 0 Å². The lowest BCUT2D eigenvalue weighted by Crippen LogP contribution is -2.26. The number of rotatable bonds is 0. The minimum Gasteiger partial charge on any atom is -0.296 e. The Bertz CT molecular complexity index is 156. The SMILES string of the molecule is O=C1CCC(=O)C1(Cl)Cl. The van der Waals surface area contributed by atoms with Crippen LogP contribution in [0.15, 0.2) is 0 Å². The van der Waals surface area contributed by atoms with Gasteiger partial charge in [-0.05, 0) is 0 Å². The molecule has 0 spiro atoms. The average Bonchev–Trinajstić information content (AvgIpc) is 1.96. The molecule has 1 fully saturated rings. The molecule has 1 aliphatic rings. The van der Waals surface area contributed by atoms with Crippen LogP contribution in [0, 0.1) is 0 Å². The van der Waals surface area contributed by atoms with Gasteiger partial charge in [-0.1, -0.05) is 23.2 Å². The second-order valence-corrected chi connectivity index (χ2v) is 3.25. The maximum absolute atomic E-state index is 10.6. The van der Waals surface area contributed by atoms with Crippen molar-refractivity contribution in [3.63, 3.8) is 0 Å². The molecule has 0 aromatic carbocycles. The molecular formula is C5H4Cl2O2. The highest BCUT2D eigenvalue weighted by atomic mass is 35.5. The molecular weight excluding hydrogens is 163 g/mol. The van der Waals surface area contributed by atoms with E-state index in [1.165, 1.54) is 0 Å². The molecule has 4 heteroatoms. The topological polar surface area (TPSA) is 34.1 Å². The summed E-state index contributed by atoms with van der Waals surface area (Å²) in [6, 6.07) is 0. The number of halogens is 2. The van der Waals surface area contributed by atoms with E-state index in [2.05, 4.69) is 0 Å². The van der Waals surface area contributed by atoms with Gasteiger partial charge in [0.2, 0.25) is 4.33 Å². The highest BCUT2D eigenvalue weighted by Gasteiger charge is 2.46. The number of Topliss-reactive ketones (excluding diaryl/α,β-unsaturated/α-hetero) is 2. The van der Waals surface area contributed by atoms with Crippen LogP contribution in [0.3, 0.4) is 0 Å². The molecule has 0 aromatic rings. The van der Waals surface area contributed by atoms with E-state index in [1.807, 2.05) is 0 Å². The van der Waals surface area contributed by atoms with Crippen molar-refractivity contribution in [3.05, 3.63) is 0 Å². The monoisotopic (exact) mass is 166 g/mol. The Morgan fingerprint density at radius 2 is 1.44 bits per heavy atom. The molecule has 0 saturated heterocycles. The van der Waals surface area contributed by atoms with Crippen LogP contribution in [0.4, 0.5) is 0 Å². The number of carbonyl (C=O) groups is 2. The highest BCUT2D eigenvalue weighted by Crippen LogP contribution is 2.32. The molecule has 0 radical (unpaired) electrons. The largest absolute Gasteiger partial charge is 0.296 e. The van der Waals surface area contributed by atoms with E-state index in [1.54, 1.807) is 0 Å². The Kier molecular flexibility index (Phi) is 1.53. The van der Waals surface area contributed by atoms with Gasteiger partial charge in [-0.3, -0.25) is 9.59 Å². The number of carbonyl (C=O) groups excluding carboxylic acids is 2. The fraction of sp³-hybridized carbons (Fsp3) is 0.600. The highest BCUT2D eigenvalue weighted by molar-refractivity contribution is 6.69. The van der Waals surface area contributed by atoms with Crippen LogP contribution >= 0.6 is 23.2 Å². The fourth-order valence-electron chi connectivity index (χ4n) is 0.697. The van der Waals surface area contributed by atoms with E-state index < -0.39 is 4.33 Å². The second kappa shape index (κ2) is 1.96. The Balaban J connectivity index is 2.91. The second-order valence-electron chi connectivity index (χ2n) is 1.92. The third-order valence-corrected chi connectivity index (χ3v) is 2.12. The van der Waals surface area contributed by atoms with Crippen molar-refractivity contribution in [2.24, 2.45) is 0 Å². The normalized spacial score (nSPS) is 25.1.